The van der Waals surface area contributed by atoms with Crippen molar-refractivity contribution in [3.05, 3.63) is 59.9 Å². The minimum Gasteiger partial charge on any atom is -0.373 e. The van der Waals surface area contributed by atoms with Crippen LogP contribution in [0.3, 0.4) is 0 Å². The summed E-state index contributed by atoms with van der Waals surface area (Å²) in [5, 5.41) is 0. The van der Waals surface area contributed by atoms with Crippen molar-refractivity contribution in [1.29, 1.82) is 0 Å². The van der Waals surface area contributed by atoms with E-state index in [-0.39, 0.29) is 11.9 Å². The minimum absolute atomic E-state index is 0.192. The first-order valence-electron chi connectivity index (χ1n) is 7.63. The summed E-state index contributed by atoms with van der Waals surface area (Å²) in [4.78, 5) is 10.7. The summed E-state index contributed by atoms with van der Waals surface area (Å²) in [6.07, 6.45) is 7.36. The van der Waals surface area contributed by atoms with Crippen molar-refractivity contribution < 1.29 is 9.13 Å². The molecule has 4 nitrogen and oxygen atoms in total. The van der Waals surface area contributed by atoms with E-state index >= 15 is 0 Å². The molecule has 3 rings (SSSR count). The molecule has 1 aromatic heterocycles. The van der Waals surface area contributed by atoms with Gasteiger partial charge in [0.2, 0.25) is 0 Å². The molecule has 116 valence electrons. The quantitative estimate of drug-likeness (QED) is 0.851. The lowest BCUT2D eigenvalue weighted by Crippen LogP contribution is -2.36. The van der Waals surface area contributed by atoms with E-state index in [1.165, 1.54) is 6.07 Å². The summed E-state index contributed by atoms with van der Waals surface area (Å²) in [6.45, 7) is 3.12. The molecule has 0 spiro atoms. The molecular weight excluding hydrogens is 281 g/mol. The van der Waals surface area contributed by atoms with Crippen LogP contribution < -0.4 is 0 Å². The lowest BCUT2D eigenvalue weighted by atomic mass is 10.1. The predicted octanol–water partition coefficient (Wildman–Crippen LogP) is 2.80. The molecule has 1 aliphatic heterocycles. The number of benzene rings is 1. The Morgan fingerprint density at radius 1 is 1.18 bits per heavy atom. The summed E-state index contributed by atoms with van der Waals surface area (Å²) in [6, 6.07) is 6.79. The van der Waals surface area contributed by atoms with Gasteiger partial charge in [-0.05, 0) is 18.9 Å². The zero-order chi connectivity index (χ0) is 15.2. The van der Waals surface area contributed by atoms with Crippen molar-refractivity contribution in [3.63, 3.8) is 0 Å². The van der Waals surface area contributed by atoms with Crippen molar-refractivity contribution in [2.24, 2.45) is 0 Å². The number of ether oxygens (including phenoxy) is 1. The molecule has 0 amide bonds. The fourth-order valence-corrected chi connectivity index (χ4v) is 2.70. The maximum atomic E-state index is 13.5. The third-order valence-corrected chi connectivity index (χ3v) is 3.97. The molecule has 2 aromatic rings. The fraction of sp³-hybridized carbons (Fsp3) is 0.412. The molecule has 0 N–H and O–H groups in total. The second kappa shape index (κ2) is 7.42. The van der Waals surface area contributed by atoms with Crippen LogP contribution in [0.5, 0.6) is 0 Å². The number of halogens is 1. The van der Waals surface area contributed by atoms with Crippen LogP contribution in [0.1, 0.15) is 24.1 Å². The van der Waals surface area contributed by atoms with E-state index in [1.54, 1.807) is 30.7 Å². The number of hydrogen-bond donors (Lipinski definition) is 0. The zero-order valence-electron chi connectivity index (χ0n) is 12.5. The van der Waals surface area contributed by atoms with Crippen LogP contribution >= 0.6 is 0 Å². The Morgan fingerprint density at radius 3 is 2.73 bits per heavy atom. The highest BCUT2D eigenvalue weighted by atomic mass is 19.1. The van der Waals surface area contributed by atoms with Crippen LogP contribution in [0.4, 0.5) is 4.39 Å². The number of hydrogen-bond acceptors (Lipinski definition) is 4. The summed E-state index contributed by atoms with van der Waals surface area (Å²) in [5.41, 5.74) is 1.62. The zero-order valence-corrected chi connectivity index (χ0v) is 12.5. The topological polar surface area (TPSA) is 38.2 Å². The second-order valence-electron chi connectivity index (χ2n) is 5.57. The lowest BCUT2D eigenvalue weighted by Gasteiger charge is -2.31. The molecule has 0 aliphatic carbocycles. The highest BCUT2D eigenvalue weighted by Gasteiger charge is 2.20. The molecule has 0 atom stereocenters. The first-order valence-corrected chi connectivity index (χ1v) is 7.63. The largest absolute Gasteiger partial charge is 0.373 e. The van der Waals surface area contributed by atoms with Gasteiger partial charge in [0.05, 0.1) is 18.4 Å². The molecule has 1 aromatic carbocycles. The van der Waals surface area contributed by atoms with Gasteiger partial charge >= 0.3 is 0 Å². The number of nitrogens with zero attached hydrogens (tertiary/aromatic N) is 3. The SMILES string of the molecule is Fc1ccccc1COC1CCN(Cc2cnccn2)CC1. The molecule has 1 aliphatic rings. The first kappa shape index (κ1) is 15.1. The van der Waals surface area contributed by atoms with E-state index < -0.39 is 0 Å². The summed E-state index contributed by atoms with van der Waals surface area (Å²) < 4.78 is 19.4. The molecule has 5 heteroatoms. The van der Waals surface area contributed by atoms with E-state index in [4.69, 9.17) is 4.74 Å². The van der Waals surface area contributed by atoms with Gasteiger partial charge in [0.1, 0.15) is 5.82 Å². The molecule has 22 heavy (non-hydrogen) atoms. The molecule has 0 bridgehead atoms. The maximum Gasteiger partial charge on any atom is 0.128 e. The highest BCUT2D eigenvalue weighted by molar-refractivity contribution is 5.16. The van der Waals surface area contributed by atoms with E-state index in [1.807, 2.05) is 6.07 Å². The van der Waals surface area contributed by atoms with Crippen LogP contribution in [0.25, 0.3) is 0 Å². The minimum atomic E-state index is -0.192. The van der Waals surface area contributed by atoms with Gasteiger partial charge in [-0.15, -0.1) is 0 Å². The van der Waals surface area contributed by atoms with Crippen molar-refractivity contribution in [2.45, 2.75) is 32.1 Å². The van der Waals surface area contributed by atoms with E-state index in [0.717, 1.165) is 38.2 Å². The molecule has 0 unspecified atom stereocenters. The Bertz CT molecular complexity index is 585. The van der Waals surface area contributed by atoms with Crippen LogP contribution in [-0.4, -0.2) is 34.1 Å². The van der Waals surface area contributed by atoms with Gasteiger partial charge in [-0.25, -0.2) is 4.39 Å². The fourth-order valence-electron chi connectivity index (χ4n) is 2.70. The summed E-state index contributed by atoms with van der Waals surface area (Å²) in [5.74, 6) is -0.192. The summed E-state index contributed by atoms with van der Waals surface area (Å²) >= 11 is 0. The average molecular weight is 301 g/mol. The third kappa shape index (κ3) is 4.08. The number of rotatable bonds is 5. The van der Waals surface area contributed by atoms with E-state index in [0.29, 0.717) is 12.2 Å². The number of piperidine rings is 1. The Labute approximate surface area is 130 Å². The highest BCUT2D eigenvalue weighted by Crippen LogP contribution is 2.18. The predicted molar refractivity (Wildman–Crippen MR) is 81.5 cm³/mol. The van der Waals surface area contributed by atoms with Gasteiger partial charge < -0.3 is 4.74 Å². The Kier molecular flexibility index (Phi) is 5.08. The molecule has 0 radical (unpaired) electrons. The van der Waals surface area contributed by atoms with Crippen molar-refractivity contribution in [2.75, 3.05) is 13.1 Å². The summed E-state index contributed by atoms with van der Waals surface area (Å²) in [7, 11) is 0. The van der Waals surface area contributed by atoms with Crippen molar-refractivity contribution in [1.82, 2.24) is 14.9 Å². The van der Waals surface area contributed by atoms with Crippen molar-refractivity contribution >= 4 is 0 Å². The van der Waals surface area contributed by atoms with Gasteiger partial charge in [0.25, 0.3) is 0 Å². The standard InChI is InChI=1S/C17H20FN3O/c18-17-4-2-1-3-14(17)13-22-16-5-9-21(10-6-16)12-15-11-19-7-8-20-15/h1-4,7-8,11,16H,5-6,9-10,12-13H2. The van der Waals surface area contributed by atoms with Gasteiger partial charge in [-0.3, -0.25) is 14.9 Å². The molecule has 0 saturated carbocycles. The number of aromatic nitrogens is 2. The normalized spacial score (nSPS) is 16.8. The molecule has 1 saturated heterocycles. The van der Waals surface area contributed by atoms with Crippen LogP contribution in [-0.2, 0) is 17.9 Å². The van der Waals surface area contributed by atoms with Gasteiger partial charge in [0, 0.05) is 43.8 Å². The van der Waals surface area contributed by atoms with Gasteiger partial charge in [-0.2, -0.15) is 0 Å². The van der Waals surface area contributed by atoms with Crippen LogP contribution in [0.15, 0.2) is 42.9 Å². The Hall–Kier alpha value is -1.85. The molecule has 2 heterocycles. The molecule has 1 fully saturated rings. The van der Waals surface area contributed by atoms with Crippen LogP contribution in [0.2, 0.25) is 0 Å². The van der Waals surface area contributed by atoms with E-state index in [9.17, 15) is 4.39 Å². The van der Waals surface area contributed by atoms with Gasteiger partial charge in [-0.1, -0.05) is 18.2 Å². The lowest BCUT2D eigenvalue weighted by molar-refractivity contribution is -0.00515. The van der Waals surface area contributed by atoms with Crippen molar-refractivity contribution in [3.8, 4) is 0 Å². The Balaban J connectivity index is 1.43. The smallest absolute Gasteiger partial charge is 0.128 e. The van der Waals surface area contributed by atoms with Crippen LogP contribution in [0, 0.1) is 5.82 Å². The van der Waals surface area contributed by atoms with Gasteiger partial charge in [0.15, 0.2) is 0 Å². The molecular formula is C17H20FN3O. The average Bonchev–Trinajstić information content (AvgIpc) is 2.56. The monoisotopic (exact) mass is 301 g/mol. The first-order chi connectivity index (χ1) is 10.8. The maximum absolute atomic E-state index is 13.5. The van der Waals surface area contributed by atoms with E-state index in [2.05, 4.69) is 14.9 Å². The second-order valence-corrected chi connectivity index (χ2v) is 5.57. The Morgan fingerprint density at radius 2 is 2.00 bits per heavy atom. The third-order valence-electron chi connectivity index (χ3n) is 3.97. The number of likely N-dealkylation sites (tertiary alicyclic amines) is 1.